The van der Waals surface area contributed by atoms with Crippen LogP contribution in [0.5, 0.6) is 11.5 Å². The van der Waals surface area contributed by atoms with E-state index >= 15 is 0 Å². The van der Waals surface area contributed by atoms with Gasteiger partial charge in [-0.2, -0.15) is 0 Å². The Morgan fingerprint density at radius 3 is 1.71 bits per heavy atom. The number of aromatic nitrogens is 5. The van der Waals surface area contributed by atoms with Crippen LogP contribution in [0.1, 0.15) is 11.4 Å². The van der Waals surface area contributed by atoms with E-state index < -0.39 is 0 Å². The monoisotopic (exact) mass is 980 g/mol. The van der Waals surface area contributed by atoms with Crippen molar-refractivity contribution in [3.63, 3.8) is 0 Å². The minimum atomic E-state index is 0.740. The number of imidazole rings is 1. The first-order valence-electron chi connectivity index (χ1n) is 20.6. The van der Waals surface area contributed by atoms with Crippen molar-refractivity contribution in [2.45, 2.75) is 13.8 Å². The van der Waals surface area contributed by atoms with Gasteiger partial charge in [-0.05, 0) is 37.6 Å². The van der Waals surface area contributed by atoms with E-state index in [1.807, 2.05) is 26.1 Å². The van der Waals surface area contributed by atoms with Gasteiger partial charge in [-0.15, -0.1) is 0 Å². The summed E-state index contributed by atoms with van der Waals surface area (Å²) < 4.78 is 14.8. The van der Waals surface area contributed by atoms with Crippen molar-refractivity contribution in [1.29, 1.82) is 0 Å². The number of rotatable bonds is 8. The van der Waals surface area contributed by atoms with E-state index in [2.05, 4.69) is 226 Å². The number of hydrogen-bond acceptors (Lipinski definition) is 3. The molecule has 11 aromatic rings. The average molecular weight is 981 g/mol. The van der Waals surface area contributed by atoms with Crippen LogP contribution in [0.15, 0.2) is 200 Å². The Labute approximate surface area is 370 Å². The van der Waals surface area contributed by atoms with Crippen molar-refractivity contribution in [2.75, 3.05) is 0 Å². The summed E-state index contributed by atoms with van der Waals surface area (Å²) in [5.74, 6) is 2.32. The molecule has 0 fully saturated rings. The third kappa shape index (κ3) is 6.61. The Morgan fingerprint density at radius 2 is 1.03 bits per heavy atom. The van der Waals surface area contributed by atoms with Crippen LogP contribution in [-0.4, -0.2) is 23.7 Å². The summed E-state index contributed by atoms with van der Waals surface area (Å²) in [5, 5.41) is 2.30. The standard InChI is InChI=1S/C55H39N5O.Pt/c1-37-31-42(32-38(2)57-37)41-27-30-54(56-35-41)60-50-24-10-9-21-48(50)49-29-28-45(34-53(49)60)61-44-20-13-19-43(33-44)58-36-59(52-26-12-11-25-51(52)58)55-46(39-15-5-3-6-16-39)22-14-23-47(55)40-17-7-4-8-18-40;/h3-35H,1-2H3;. The molecule has 4 aromatic heterocycles. The number of aryl methyl sites for hydroxylation is 2. The fourth-order valence-corrected chi connectivity index (χ4v) is 9.92. The van der Waals surface area contributed by atoms with Gasteiger partial charge in [0.1, 0.15) is 0 Å². The van der Waals surface area contributed by atoms with Crippen molar-refractivity contribution in [3.05, 3.63) is 216 Å². The van der Waals surface area contributed by atoms with Gasteiger partial charge in [0, 0.05) is 23.1 Å². The molecule has 0 spiro atoms. The van der Waals surface area contributed by atoms with Gasteiger partial charge < -0.3 is 0 Å². The van der Waals surface area contributed by atoms with Crippen LogP contribution in [0.2, 0.25) is 0 Å². The predicted octanol–water partition coefficient (Wildman–Crippen LogP) is 13.8. The molecule has 62 heavy (non-hydrogen) atoms. The normalized spacial score (nSPS) is 11.5. The zero-order valence-corrected chi connectivity index (χ0v) is 36.3. The van der Waals surface area contributed by atoms with Gasteiger partial charge in [-0.1, -0.05) is 12.1 Å². The van der Waals surface area contributed by atoms with Crippen LogP contribution in [0, 0.1) is 17.7 Å². The van der Waals surface area contributed by atoms with Gasteiger partial charge in [0.15, 0.2) is 0 Å². The summed E-state index contributed by atoms with van der Waals surface area (Å²) in [5.41, 5.74) is 15.2. The molecule has 7 heteroatoms. The number of hydrogen-bond donors (Lipinski definition) is 0. The summed E-state index contributed by atoms with van der Waals surface area (Å²) in [4.78, 5) is 9.57. The van der Waals surface area contributed by atoms with Crippen molar-refractivity contribution < 1.29 is 24.1 Å². The fourth-order valence-electron chi connectivity index (χ4n) is 8.83. The molecule has 0 saturated heterocycles. The van der Waals surface area contributed by atoms with Crippen molar-refractivity contribution in [1.82, 2.24) is 23.7 Å². The van der Waals surface area contributed by atoms with Crippen LogP contribution in [0.3, 0.4) is 0 Å². The van der Waals surface area contributed by atoms with Crippen LogP contribution < -0.4 is 4.74 Å². The summed E-state index contributed by atoms with van der Waals surface area (Å²) >= 11 is 2.49. The zero-order valence-electron chi connectivity index (χ0n) is 34.0. The molecule has 0 aliphatic carbocycles. The molecule has 0 atom stereocenters. The van der Waals surface area contributed by atoms with Crippen molar-refractivity contribution >= 4 is 32.8 Å². The first-order valence-corrected chi connectivity index (χ1v) is 21.8. The number of nitrogens with zero attached hydrogens (tertiary/aromatic N) is 5. The molecular weight excluding hydrogens is 942 g/mol. The second kappa shape index (κ2) is 15.6. The Hall–Kier alpha value is -7.40. The second-order valence-corrected chi connectivity index (χ2v) is 16.5. The molecular formula is C55H39N5OPt. The summed E-state index contributed by atoms with van der Waals surface area (Å²) in [7, 11) is 0. The first kappa shape index (κ1) is 37.6. The van der Waals surface area contributed by atoms with Crippen LogP contribution in [0.25, 0.3) is 83.4 Å². The SMILES string of the molecule is Cc1cc(-c2ccc(-n3c4ccccc4c4ccc(Oc5cccc(-n6[c](=[Pt])n(-c7c(-c8ccccc8)cccc7-c7ccccc7)c7ccccc76)c5)cc43)nc2)cc(C)n1. The third-order valence-electron chi connectivity index (χ3n) is 11.5. The van der Waals surface area contributed by atoms with Gasteiger partial charge >= 0.3 is 294 Å². The van der Waals surface area contributed by atoms with E-state index in [9.17, 15) is 0 Å². The molecule has 300 valence electrons. The molecule has 6 nitrogen and oxygen atoms in total. The van der Waals surface area contributed by atoms with Gasteiger partial charge in [-0.3, -0.25) is 4.98 Å². The molecule has 0 radical (unpaired) electrons. The van der Waals surface area contributed by atoms with E-state index in [-0.39, 0.29) is 0 Å². The van der Waals surface area contributed by atoms with Gasteiger partial charge in [0.2, 0.25) is 0 Å². The van der Waals surface area contributed by atoms with Crippen molar-refractivity contribution in [2.24, 2.45) is 0 Å². The molecule has 4 heterocycles. The second-order valence-electron chi connectivity index (χ2n) is 15.5. The van der Waals surface area contributed by atoms with Crippen molar-refractivity contribution in [3.8, 4) is 62.1 Å². The number of fused-ring (bicyclic) bond motifs is 4. The molecule has 11 rings (SSSR count). The smallest absolute Gasteiger partial charge is 0.258 e. The van der Waals surface area contributed by atoms with Gasteiger partial charge in [0.25, 0.3) is 0 Å². The fraction of sp³-hybridized carbons (Fsp3) is 0.0364. The Morgan fingerprint density at radius 1 is 0.435 bits per heavy atom. The number of benzene rings is 7. The number of pyridine rings is 2. The summed E-state index contributed by atoms with van der Waals surface area (Å²) in [6.07, 6.45) is 1.95. The van der Waals surface area contributed by atoms with E-state index in [1.165, 1.54) is 0 Å². The minimum absolute atomic E-state index is 0.740. The molecule has 0 unspecified atom stereocenters. The molecule has 7 aromatic carbocycles. The number of ether oxygens (including phenoxy) is 1. The molecule has 0 aliphatic heterocycles. The van der Waals surface area contributed by atoms with Gasteiger partial charge in [0.05, 0.1) is 0 Å². The summed E-state index contributed by atoms with van der Waals surface area (Å²) in [6.45, 7) is 4.05. The quantitative estimate of drug-likeness (QED) is 0.152. The maximum atomic E-state index is 6.77. The molecule has 0 bridgehead atoms. The first-order chi connectivity index (χ1) is 30.5. The van der Waals surface area contributed by atoms with E-state index in [0.29, 0.717) is 0 Å². The van der Waals surface area contributed by atoms with E-state index in [0.717, 1.165) is 110 Å². The molecule has 0 aliphatic rings. The Kier molecular flexibility index (Phi) is 9.44. The van der Waals surface area contributed by atoms with E-state index in [4.69, 9.17) is 9.72 Å². The van der Waals surface area contributed by atoms with Crippen LogP contribution >= 0.6 is 0 Å². The zero-order chi connectivity index (χ0) is 41.7. The maximum absolute atomic E-state index is 6.77. The molecule has 0 amide bonds. The topological polar surface area (TPSA) is 49.8 Å². The predicted molar refractivity (Wildman–Crippen MR) is 248 cm³/mol. The summed E-state index contributed by atoms with van der Waals surface area (Å²) in [6, 6.07) is 68.2. The third-order valence-corrected chi connectivity index (χ3v) is 12.5. The average Bonchev–Trinajstić information content (AvgIpc) is 3.79. The Bertz CT molecular complexity index is 3450. The number of para-hydroxylation sites is 4. The van der Waals surface area contributed by atoms with E-state index in [1.54, 1.807) is 0 Å². The Balaban J connectivity index is 1.01. The minimum Gasteiger partial charge on any atom is -0.258 e. The molecule has 0 saturated carbocycles. The van der Waals surface area contributed by atoms with Crippen LogP contribution in [0.4, 0.5) is 0 Å². The molecule has 0 N–H and O–H groups in total. The van der Waals surface area contributed by atoms with Crippen LogP contribution in [-0.2, 0) is 19.4 Å². The van der Waals surface area contributed by atoms with Gasteiger partial charge in [-0.25, -0.2) is 0 Å².